The zero-order chi connectivity index (χ0) is 29.2. The summed E-state index contributed by atoms with van der Waals surface area (Å²) in [7, 11) is 1.88. The van der Waals surface area contributed by atoms with E-state index in [0.717, 1.165) is 50.3 Å². The number of amides is 2. The lowest BCUT2D eigenvalue weighted by molar-refractivity contribution is 0.194. The summed E-state index contributed by atoms with van der Waals surface area (Å²) in [6, 6.07) is 16.4. The number of piperazine rings is 1. The van der Waals surface area contributed by atoms with E-state index in [-0.39, 0.29) is 6.03 Å². The summed E-state index contributed by atoms with van der Waals surface area (Å²) in [5.74, 6) is 0.852. The molecule has 0 atom stereocenters. The van der Waals surface area contributed by atoms with E-state index in [4.69, 9.17) is 4.98 Å². The number of pyridine rings is 2. The van der Waals surface area contributed by atoms with Gasteiger partial charge >= 0.3 is 6.03 Å². The second kappa shape index (κ2) is 11.2. The van der Waals surface area contributed by atoms with Gasteiger partial charge in [-0.05, 0) is 36.2 Å². The minimum Gasteiger partial charge on any atom is -0.353 e. The van der Waals surface area contributed by atoms with Crippen LogP contribution in [-0.4, -0.2) is 61.5 Å². The maximum atomic E-state index is 12.8. The number of carbonyl (C=O) groups is 1. The highest BCUT2D eigenvalue weighted by Crippen LogP contribution is 2.32. The van der Waals surface area contributed by atoms with Gasteiger partial charge in [0, 0.05) is 80.6 Å². The minimum atomic E-state index is -0.0615. The number of hydrogen-bond acceptors (Lipinski definition) is 6. The molecule has 1 N–H and O–H groups in total. The van der Waals surface area contributed by atoms with E-state index in [2.05, 4.69) is 39.1 Å². The first kappa shape index (κ1) is 26.8. The standard InChI is InChI=1S/C32H31N9O/c1-22(2)24-6-4-23(5-7-24)16-35-32(42)40-12-10-39(11-13-40)30-9-8-25(17-34-30)29-14-26(28-19-36-38(3)20-28)21-41-31(29)27(15-33)18-37-41/h4-9,14,17-21H,1,10-13,16H2,2-3H3,(H,35,42). The maximum Gasteiger partial charge on any atom is 0.317 e. The van der Waals surface area contributed by atoms with Crippen LogP contribution in [0.25, 0.3) is 33.3 Å². The Hall–Kier alpha value is -5.43. The number of fused-ring (bicyclic) bond motifs is 1. The average molecular weight is 558 g/mol. The molecule has 10 nitrogen and oxygen atoms in total. The van der Waals surface area contributed by atoms with Crippen LogP contribution in [0.2, 0.25) is 0 Å². The average Bonchev–Trinajstić information content (AvgIpc) is 3.65. The Kier molecular flexibility index (Phi) is 7.15. The number of rotatable bonds is 6. The van der Waals surface area contributed by atoms with Crippen molar-refractivity contribution in [2.75, 3.05) is 31.1 Å². The Bertz CT molecular complexity index is 1800. The molecule has 1 aliphatic heterocycles. The van der Waals surface area contributed by atoms with Crippen molar-refractivity contribution in [3.63, 3.8) is 0 Å². The lowest BCUT2D eigenvalue weighted by atomic mass is 10.0. The van der Waals surface area contributed by atoms with Gasteiger partial charge in [0.15, 0.2) is 0 Å². The number of anilines is 1. The second-order valence-corrected chi connectivity index (χ2v) is 10.5. The molecule has 1 aliphatic rings. The summed E-state index contributed by atoms with van der Waals surface area (Å²) in [6.45, 7) is 9.03. The fraction of sp³-hybridized carbons (Fsp3) is 0.219. The van der Waals surface area contributed by atoms with Gasteiger partial charge in [-0.2, -0.15) is 15.5 Å². The van der Waals surface area contributed by atoms with Crippen molar-refractivity contribution in [3.8, 4) is 28.3 Å². The van der Waals surface area contributed by atoms with Crippen LogP contribution >= 0.6 is 0 Å². The first-order chi connectivity index (χ1) is 20.4. The summed E-state index contributed by atoms with van der Waals surface area (Å²) in [4.78, 5) is 21.6. The molecule has 0 bridgehead atoms. The molecule has 2 amide bonds. The first-order valence-corrected chi connectivity index (χ1v) is 13.8. The minimum absolute atomic E-state index is 0.0615. The normalized spacial score (nSPS) is 13.3. The zero-order valence-electron chi connectivity index (χ0n) is 23.7. The first-order valence-electron chi connectivity index (χ1n) is 13.8. The van der Waals surface area contributed by atoms with Gasteiger partial charge in [0.1, 0.15) is 11.9 Å². The van der Waals surface area contributed by atoms with E-state index in [9.17, 15) is 10.1 Å². The maximum absolute atomic E-state index is 12.8. The number of nitriles is 1. The third-order valence-corrected chi connectivity index (χ3v) is 7.61. The van der Waals surface area contributed by atoms with Gasteiger partial charge in [0.05, 0.1) is 23.5 Å². The lowest BCUT2D eigenvalue weighted by Gasteiger charge is -2.35. The van der Waals surface area contributed by atoms with Gasteiger partial charge in [-0.15, -0.1) is 0 Å². The molecule has 0 spiro atoms. The molecule has 5 heterocycles. The summed E-state index contributed by atoms with van der Waals surface area (Å²) >= 11 is 0. The number of urea groups is 1. The SMILES string of the molecule is C=C(C)c1ccc(CNC(=O)N2CCN(c3ccc(-c4cc(-c5cnn(C)c5)cn5ncc(C#N)c45)cn3)CC2)cc1. The summed E-state index contributed by atoms with van der Waals surface area (Å²) in [5, 5.41) is 21.5. The number of aryl methyl sites for hydroxylation is 1. The monoisotopic (exact) mass is 557 g/mol. The number of benzene rings is 1. The van der Waals surface area contributed by atoms with Gasteiger partial charge in [-0.25, -0.2) is 14.3 Å². The predicted molar refractivity (Wildman–Crippen MR) is 163 cm³/mol. The van der Waals surface area contributed by atoms with Crippen molar-refractivity contribution in [3.05, 3.63) is 96.7 Å². The molecule has 1 fully saturated rings. The summed E-state index contributed by atoms with van der Waals surface area (Å²) < 4.78 is 3.50. The van der Waals surface area contributed by atoms with Crippen LogP contribution in [0.4, 0.5) is 10.6 Å². The Balaban J connectivity index is 1.13. The van der Waals surface area contributed by atoms with E-state index in [1.807, 2.05) is 80.1 Å². The molecule has 5 aromatic rings. The topological polar surface area (TPSA) is 107 Å². The van der Waals surface area contributed by atoms with Crippen molar-refractivity contribution in [2.45, 2.75) is 13.5 Å². The zero-order valence-corrected chi connectivity index (χ0v) is 23.7. The number of nitrogens with one attached hydrogen (secondary N) is 1. The molecule has 0 saturated carbocycles. The lowest BCUT2D eigenvalue weighted by Crippen LogP contribution is -2.51. The van der Waals surface area contributed by atoms with Crippen LogP contribution in [0.3, 0.4) is 0 Å². The van der Waals surface area contributed by atoms with Gasteiger partial charge in [0.25, 0.3) is 0 Å². The highest BCUT2D eigenvalue weighted by atomic mass is 16.2. The molecule has 0 radical (unpaired) electrons. The van der Waals surface area contributed by atoms with Crippen molar-refractivity contribution in [2.24, 2.45) is 7.05 Å². The fourth-order valence-corrected chi connectivity index (χ4v) is 5.22. The van der Waals surface area contributed by atoms with E-state index in [1.54, 1.807) is 15.4 Å². The molecule has 1 saturated heterocycles. The van der Waals surface area contributed by atoms with Crippen molar-refractivity contribution >= 4 is 22.9 Å². The summed E-state index contributed by atoms with van der Waals surface area (Å²) in [5.41, 5.74) is 8.09. The molecule has 210 valence electrons. The van der Waals surface area contributed by atoms with Crippen LogP contribution in [0.15, 0.2) is 80.0 Å². The number of nitrogens with zero attached hydrogens (tertiary/aromatic N) is 8. The summed E-state index contributed by atoms with van der Waals surface area (Å²) in [6.07, 6.45) is 9.09. The van der Waals surface area contributed by atoms with Crippen molar-refractivity contribution in [1.29, 1.82) is 5.26 Å². The predicted octanol–water partition coefficient (Wildman–Crippen LogP) is 4.73. The highest BCUT2D eigenvalue weighted by molar-refractivity contribution is 5.87. The molecule has 10 heteroatoms. The molecule has 4 aromatic heterocycles. The molecular formula is C32H31N9O. The number of carbonyl (C=O) groups excluding carboxylic acids is 1. The van der Waals surface area contributed by atoms with E-state index in [0.29, 0.717) is 38.3 Å². The number of aromatic nitrogens is 5. The Morgan fingerprint density at radius 2 is 1.76 bits per heavy atom. The molecule has 42 heavy (non-hydrogen) atoms. The Morgan fingerprint density at radius 3 is 2.40 bits per heavy atom. The Morgan fingerprint density at radius 1 is 0.976 bits per heavy atom. The molecule has 0 unspecified atom stereocenters. The molecule has 1 aromatic carbocycles. The smallest absolute Gasteiger partial charge is 0.317 e. The van der Waals surface area contributed by atoms with Crippen molar-refractivity contribution in [1.82, 2.24) is 34.6 Å². The number of allylic oxidation sites excluding steroid dienone is 1. The van der Waals surface area contributed by atoms with Crippen LogP contribution in [-0.2, 0) is 13.6 Å². The highest BCUT2D eigenvalue weighted by Gasteiger charge is 2.22. The van der Waals surface area contributed by atoms with Gasteiger partial charge < -0.3 is 15.1 Å². The Labute approximate surface area is 244 Å². The van der Waals surface area contributed by atoms with Crippen LogP contribution in [0, 0.1) is 11.3 Å². The number of hydrogen-bond donors (Lipinski definition) is 1. The molecular weight excluding hydrogens is 526 g/mol. The third kappa shape index (κ3) is 5.32. The van der Waals surface area contributed by atoms with Gasteiger partial charge in [0.2, 0.25) is 0 Å². The largest absolute Gasteiger partial charge is 0.353 e. The third-order valence-electron chi connectivity index (χ3n) is 7.61. The molecule has 6 rings (SSSR count). The van der Waals surface area contributed by atoms with E-state index < -0.39 is 0 Å². The molecule has 0 aliphatic carbocycles. The van der Waals surface area contributed by atoms with Crippen LogP contribution < -0.4 is 10.2 Å². The van der Waals surface area contributed by atoms with E-state index in [1.165, 1.54) is 0 Å². The quantitative estimate of drug-likeness (QED) is 0.323. The second-order valence-electron chi connectivity index (χ2n) is 10.5. The van der Waals surface area contributed by atoms with Crippen LogP contribution in [0.5, 0.6) is 0 Å². The van der Waals surface area contributed by atoms with Gasteiger partial charge in [-0.3, -0.25) is 4.68 Å². The fourth-order valence-electron chi connectivity index (χ4n) is 5.22. The van der Waals surface area contributed by atoms with Crippen LogP contribution in [0.1, 0.15) is 23.6 Å². The van der Waals surface area contributed by atoms with Crippen molar-refractivity contribution < 1.29 is 4.79 Å². The van der Waals surface area contributed by atoms with E-state index >= 15 is 0 Å². The van der Waals surface area contributed by atoms with Gasteiger partial charge in [-0.1, -0.05) is 36.4 Å².